The van der Waals surface area contributed by atoms with E-state index < -0.39 is 43.6 Å². The lowest BCUT2D eigenvalue weighted by atomic mass is 10.0. The summed E-state index contributed by atoms with van der Waals surface area (Å²) in [6, 6.07) is 5.61. The molecule has 8 heteroatoms. The molecule has 4 atom stereocenters. The SMILES string of the molecule is O=C(OC[C@@H](O)[C@H](O)[C@H](O)[C@H](O)CO)c1ccccc1O. The first-order chi connectivity index (χ1) is 9.88. The molecule has 0 radical (unpaired) electrons. The first-order valence-corrected chi connectivity index (χ1v) is 6.16. The Labute approximate surface area is 120 Å². The highest BCUT2D eigenvalue weighted by atomic mass is 16.5. The second-order valence-electron chi connectivity index (χ2n) is 4.41. The lowest BCUT2D eigenvalue weighted by Crippen LogP contribution is -2.47. The van der Waals surface area contributed by atoms with Crippen molar-refractivity contribution >= 4 is 5.97 Å². The van der Waals surface area contributed by atoms with Crippen LogP contribution in [0.5, 0.6) is 5.75 Å². The fraction of sp³-hybridized carbons (Fsp3) is 0.462. The van der Waals surface area contributed by atoms with Crippen LogP contribution in [0.2, 0.25) is 0 Å². The lowest BCUT2D eigenvalue weighted by molar-refractivity contribution is -0.124. The number of benzene rings is 1. The third-order valence-electron chi connectivity index (χ3n) is 2.83. The van der Waals surface area contributed by atoms with Crippen molar-refractivity contribution in [3.05, 3.63) is 29.8 Å². The van der Waals surface area contributed by atoms with Gasteiger partial charge in [-0.25, -0.2) is 4.79 Å². The van der Waals surface area contributed by atoms with Crippen molar-refractivity contribution in [2.45, 2.75) is 24.4 Å². The van der Waals surface area contributed by atoms with Crippen LogP contribution in [0.4, 0.5) is 0 Å². The van der Waals surface area contributed by atoms with Gasteiger partial charge >= 0.3 is 5.97 Å². The fourth-order valence-corrected chi connectivity index (χ4v) is 1.55. The smallest absolute Gasteiger partial charge is 0.342 e. The van der Waals surface area contributed by atoms with E-state index in [1.54, 1.807) is 0 Å². The highest BCUT2D eigenvalue weighted by Crippen LogP contribution is 2.17. The summed E-state index contributed by atoms with van der Waals surface area (Å²) in [7, 11) is 0. The number of rotatable bonds is 7. The van der Waals surface area contributed by atoms with Gasteiger partial charge in [0.05, 0.1) is 6.61 Å². The summed E-state index contributed by atoms with van der Waals surface area (Å²) >= 11 is 0. The number of esters is 1. The van der Waals surface area contributed by atoms with Gasteiger partial charge in [-0.15, -0.1) is 0 Å². The van der Waals surface area contributed by atoms with Gasteiger partial charge in [0.1, 0.15) is 42.3 Å². The van der Waals surface area contributed by atoms with Crippen molar-refractivity contribution in [2.24, 2.45) is 0 Å². The van der Waals surface area contributed by atoms with E-state index in [0.29, 0.717) is 0 Å². The number of carbonyl (C=O) groups excluding carboxylic acids is 1. The maximum atomic E-state index is 11.6. The van der Waals surface area contributed by atoms with E-state index in [9.17, 15) is 25.2 Å². The zero-order chi connectivity index (χ0) is 16.0. The van der Waals surface area contributed by atoms with Crippen molar-refractivity contribution in [2.75, 3.05) is 13.2 Å². The Morgan fingerprint density at radius 1 is 1.05 bits per heavy atom. The first kappa shape index (κ1) is 17.3. The van der Waals surface area contributed by atoms with Crippen molar-refractivity contribution in [1.82, 2.24) is 0 Å². The molecule has 0 unspecified atom stereocenters. The normalized spacial score (nSPS) is 16.8. The summed E-state index contributed by atoms with van der Waals surface area (Å²) in [4.78, 5) is 11.6. The van der Waals surface area contributed by atoms with Crippen LogP contribution in [0.3, 0.4) is 0 Å². The van der Waals surface area contributed by atoms with Gasteiger partial charge in [-0.2, -0.15) is 0 Å². The van der Waals surface area contributed by atoms with Crippen LogP contribution in [-0.2, 0) is 4.74 Å². The van der Waals surface area contributed by atoms with Crippen LogP contribution < -0.4 is 0 Å². The molecule has 1 aromatic carbocycles. The molecule has 0 bridgehead atoms. The Hall–Kier alpha value is -1.71. The molecule has 0 aliphatic rings. The van der Waals surface area contributed by atoms with Crippen LogP contribution in [0.1, 0.15) is 10.4 Å². The molecule has 1 rings (SSSR count). The first-order valence-electron chi connectivity index (χ1n) is 6.16. The summed E-state index contributed by atoms with van der Waals surface area (Å²) in [5, 5.41) is 55.6. The predicted molar refractivity (Wildman–Crippen MR) is 69.5 cm³/mol. The van der Waals surface area contributed by atoms with Crippen molar-refractivity contribution in [3.63, 3.8) is 0 Å². The number of carbonyl (C=O) groups is 1. The average Bonchev–Trinajstić information content (AvgIpc) is 2.50. The monoisotopic (exact) mass is 302 g/mol. The molecule has 0 aliphatic heterocycles. The zero-order valence-corrected chi connectivity index (χ0v) is 11.0. The molecule has 0 amide bonds. The number of hydrogen-bond acceptors (Lipinski definition) is 8. The fourth-order valence-electron chi connectivity index (χ4n) is 1.55. The van der Waals surface area contributed by atoms with Gasteiger partial charge in [-0.05, 0) is 12.1 Å². The Kier molecular flexibility index (Phi) is 6.53. The maximum Gasteiger partial charge on any atom is 0.342 e. The third kappa shape index (κ3) is 4.66. The van der Waals surface area contributed by atoms with Crippen molar-refractivity contribution in [1.29, 1.82) is 0 Å². The summed E-state index contributed by atoms with van der Waals surface area (Å²) in [6.45, 7) is -1.47. The number of aromatic hydroxyl groups is 1. The van der Waals surface area contributed by atoms with Crippen molar-refractivity contribution < 1.29 is 40.2 Å². The van der Waals surface area contributed by atoms with Gasteiger partial charge in [0, 0.05) is 0 Å². The van der Waals surface area contributed by atoms with Crippen LogP contribution in [0.15, 0.2) is 24.3 Å². The number of ether oxygens (including phenoxy) is 1. The second-order valence-corrected chi connectivity index (χ2v) is 4.41. The Balaban J connectivity index is 2.55. The quantitative estimate of drug-likeness (QED) is 0.316. The zero-order valence-electron chi connectivity index (χ0n) is 11.0. The summed E-state index contributed by atoms with van der Waals surface area (Å²) in [5.74, 6) is -1.22. The minimum Gasteiger partial charge on any atom is -0.507 e. The molecule has 118 valence electrons. The standard InChI is InChI=1S/C13H18O8/c14-5-9(16)11(18)12(19)10(17)6-21-13(20)7-3-1-2-4-8(7)15/h1-4,9-12,14-19H,5-6H2/t9-,10-,11-,12+/m1/s1. The van der Waals surface area contributed by atoms with Gasteiger partial charge in [0.2, 0.25) is 0 Å². The Morgan fingerprint density at radius 2 is 1.62 bits per heavy atom. The second kappa shape index (κ2) is 7.91. The Morgan fingerprint density at radius 3 is 2.19 bits per heavy atom. The van der Waals surface area contributed by atoms with E-state index in [4.69, 9.17) is 14.9 Å². The molecule has 0 saturated carbocycles. The van der Waals surface area contributed by atoms with E-state index in [0.717, 1.165) is 0 Å². The number of para-hydroxylation sites is 1. The number of aliphatic hydroxyl groups is 5. The molecule has 0 heterocycles. The van der Waals surface area contributed by atoms with E-state index in [1.165, 1.54) is 24.3 Å². The van der Waals surface area contributed by atoms with Crippen molar-refractivity contribution in [3.8, 4) is 5.75 Å². The number of phenolic OH excluding ortho intramolecular Hbond substituents is 1. The van der Waals surface area contributed by atoms with Crippen LogP contribution in [0, 0.1) is 0 Å². The molecular weight excluding hydrogens is 284 g/mol. The molecule has 1 aromatic rings. The van der Waals surface area contributed by atoms with Gasteiger partial charge in [-0.1, -0.05) is 12.1 Å². The van der Waals surface area contributed by atoms with Crippen LogP contribution in [0.25, 0.3) is 0 Å². The average molecular weight is 302 g/mol. The maximum absolute atomic E-state index is 11.6. The van der Waals surface area contributed by atoms with Crippen LogP contribution >= 0.6 is 0 Å². The molecule has 0 spiro atoms. The largest absolute Gasteiger partial charge is 0.507 e. The summed E-state index contributed by atoms with van der Waals surface area (Å²) in [5.41, 5.74) is -0.116. The van der Waals surface area contributed by atoms with E-state index in [1.807, 2.05) is 0 Å². The molecule has 0 aromatic heterocycles. The molecule has 0 fully saturated rings. The third-order valence-corrected chi connectivity index (χ3v) is 2.83. The topological polar surface area (TPSA) is 148 Å². The number of phenols is 1. The minimum atomic E-state index is -1.82. The van der Waals surface area contributed by atoms with E-state index >= 15 is 0 Å². The predicted octanol–water partition coefficient (Wildman–Crippen LogP) is -2.02. The summed E-state index contributed by atoms with van der Waals surface area (Å²) < 4.78 is 4.69. The minimum absolute atomic E-state index is 0.116. The van der Waals surface area contributed by atoms with Gasteiger partial charge < -0.3 is 35.4 Å². The molecule has 0 saturated heterocycles. The van der Waals surface area contributed by atoms with E-state index in [2.05, 4.69) is 0 Å². The van der Waals surface area contributed by atoms with Gasteiger partial charge in [0.25, 0.3) is 0 Å². The van der Waals surface area contributed by atoms with Gasteiger partial charge in [0.15, 0.2) is 0 Å². The van der Waals surface area contributed by atoms with Crippen LogP contribution in [-0.4, -0.2) is 74.2 Å². The van der Waals surface area contributed by atoms with E-state index in [-0.39, 0.29) is 11.3 Å². The summed E-state index contributed by atoms with van der Waals surface area (Å²) in [6.07, 6.45) is -6.92. The molecule has 0 aliphatic carbocycles. The highest BCUT2D eigenvalue weighted by Gasteiger charge is 2.30. The Bertz CT molecular complexity index is 463. The molecule has 21 heavy (non-hydrogen) atoms. The highest BCUT2D eigenvalue weighted by molar-refractivity contribution is 5.92. The van der Waals surface area contributed by atoms with Gasteiger partial charge in [-0.3, -0.25) is 0 Å². The molecule has 6 N–H and O–H groups in total. The molecular formula is C13H18O8. The number of aliphatic hydroxyl groups excluding tert-OH is 5. The lowest BCUT2D eigenvalue weighted by Gasteiger charge is -2.25. The number of hydrogen-bond donors (Lipinski definition) is 6. The molecule has 8 nitrogen and oxygen atoms in total.